The summed E-state index contributed by atoms with van der Waals surface area (Å²) in [5.74, 6) is -0.410. The normalized spacial score (nSPS) is 24.0. The van der Waals surface area contributed by atoms with Crippen LogP contribution in [-0.4, -0.2) is 42.1 Å². The van der Waals surface area contributed by atoms with Crippen molar-refractivity contribution in [2.75, 3.05) is 6.54 Å². The predicted molar refractivity (Wildman–Crippen MR) is 71.4 cm³/mol. The van der Waals surface area contributed by atoms with Crippen LogP contribution in [0.15, 0.2) is 11.8 Å². The van der Waals surface area contributed by atoms with Gasteiger partial charge in [-0.15, -0.1) is 0 Å². The fourth-order valence-electron chi connectivity index (χ4n) is 2.11. The van der Waals surface area contributed by atoms with E-state index < -0.39 is 38.4 Å². The van der Waals surface area contributed by atoms with E-state index in [1.165, 1.54) is 6.92 Å². The largest absolute Gasteiger partial charge is 0.534 e. The number of hydrogen-bond acceptors (Lipinski definition) is 4. The SMILES string of the molecule is CC(C)(C)[C@]1(C)CC(OS(=O)(=O)C(F)(F)F)=CCN1C(=O)O. The molecule has 0 radical (unpaired) electrons. The molecule has 1 aliphatic rings. The van der Waals surface area contributed by atoms with Crippen LogP contribution in [0, 0.1) is 5.41 Å². The monoisotopic (exact) mass is 345 g/mol. The van der Waals surface area contributed by atoms with E-state index in [1.54, 1.807) is 20.8 Å². The van der Waals surface area contributed by atoms with Crippen LogP contribution >= 0.6 is 0 Å². The summed E-state index contributed by atoms with van der Waals surface area (Å²) in [6.45, 7) is 6.42. The Hall–Kier alpha value is -1.45. The lowest BCUT2D eigenvalue weighted by molar-refractivity contribution is -0.0539. The Bertz CT molecular complexity index is 591. The molecule has 0 unspecified atom stereocenters. The zero-order chi connectivity index (χ0) is 17.6. The first-order chi connectivity index (χ1) is 9.62. The Labute approximate surface area is 126 Å². The zero-order valence-electron chi connectivity index (χ0n) is 12.6. The summed E-state index contributed by atoms with van der Waals surface area (Å²) in [5, 5.41) is 9.24. The van der Waals surface area contributed by atoms with E-state index in [0.717, 1.165) is 11.0 Å². The molecule has 0 fully saturated rings. The van der Waals surface area contributed by atoms with Crippen LogP contribution in [0.1, 0.15) is 34.1 Å². The minimum absolute atomic E-state index is 0.258. The smallest absolute Gasteiger partial charge is 0.465 e. The summed E-state index contributed by atoms with van der Waals surface area (Å²) in [6.07, 6.45) is -0.491. The highest BCUT2D eigenvalue weighted by molar-refractivity contribution is 7.87. The highest BCUT2D eigenvalue weighted by Crippen LogP contribution is 2.43. The fraction of sp³-hybridized carbons (Fsp3) is 0.750. The number of hydrogen-bond donors (Lipinski definition) is 1. The maximum absolute atomic E-state index is 12.4. The molecule has 10 heteroatoms. The molecule has 0 saturated carbocycles. The molecule has 6 nitrogen and oxygen atoms in total. The van der Waals surface area contributed by atoms with Crippen molar-refractivity contribution in [3.8, 4) is 0 Å². The standard InChI is InChI=1S/C12H18F3NO5S/c1-10(2,3)11(4)7-8(5-6-16(11)9(17)18)21-22(19,20)12(13,14)15/h5H,6-7H2,1-4H3,(H,17,18)/t11-/m0/s1. The van der Waals surface area contributed by atoms with Gasteiger partial charge in [0.2, 0.25) is 0 Å². The van der Waals surface area contributed by atoms with Gasteiger partial charge in [0.1, 0.15) is 5.76 Å². The number of nitrogens with zero attached hydrogens (tertiary/aromatic N) is 1. The lowest BCUT2D eigenvalue weighted by atomic mass is 9.70. The van der Waals surface area contributed by atoms with Gasteiger partial charge in [0, 0.05) is 13.0 Å². The van der Waals surface area contributed by atoms with Crippen molar-refractivity contribution in [2.45, 2.75) is 45.2 Å². The number of alkyl halides is 3. The van der Waals surface area contributed by atoms with Gasteiger partial charge < -0.3 is 9.29 Å². The summed E-state index contributed by atoms with van der Waals surface area (Å²) in [6, 6.07) is 0. The second kappa shape index (κ2) is 5.32. The maximum Gasteiger partial charge on any atom is 0.534 e. The van der Waals surface area contributed by atoms with Crippen molar-refractivity contribution >= 4 is 16.2 Å². The Morgan fingerprint density at radius 2 is 1.86 bits per heavy atom. The third-order valence-electron chi connectivity index (χ3n) is 3.96. The molecule has 0 saturated heterocycles. The second-order valence-corrected chi connectivity index (χ2v) is 7.79. The van der Waals surface area contributed by atoms with Gasteiger partial charge in [-0.1, -0.05) is 20.8 Å². The van der Waals surface area contributed by atoms with Crippen LogP contribution < -0.4 is 0 Å². The molecule has 0 aliphatic carbocycles. The molecule has 0 aromatic heterocycles. The molecule has 0 aromatic carbocycles. The molecule has 1 rings (SSSR count). The quantitative estimate of drug-likeness (QED) is 0.614. The van der Waals surface area contributed by atoms with E-state index in [1.807, 2.05) is 0 Å². The van der Waals surface area contributed by atoms with E-state index in [0.29, 0.717) is 0 Å². The van der Waals surface area contributed by atoms with Gasteiger partial charge in [-0.25, -0.2) is 4.79 Å². The summed E-state index contributed by atoms with van der Waals surface area (Å²) >= 11 is 0. The fourth-order valence-corrected chi connectivity index (χ4v) is 2.62. The van der Waals surface area contributed by atoms with Gasteiger partial charge in [-0.3, -0.25) is 4.90 Å². The van der Waals surface area contributed by atoms with Gasteiger partial charge in [-0.2, -0.15) is 21.6 Å². The summed E-state index contributed by atoms with van der Waals surface area (Å²) < 4.78 is 63.4. The molecule has 0 aromatic rings. The first-order valence-electron chi connectivity index (χ1n) is 6.32. The number of rotatable bonds is 2. The molecule has 1 amide bonds. The van der Waals surface area contributed by atoms with Gasteiger partial charge in [0.25, 0.3) is 0 Å². The number of halogens is 3. The van der Waals surface area contributed by atoms with Gasteiger partial charge >= 0.3 is 21.7 Å². The first kappa shape index (κ1) is 18.6. The molecule has 22 heavy (non-hydrogen) atoms. The number of carboxylic acid groups (broad SMARTS) is 1. The van der Waals surface area contributed by atoms with Crippen molar-refractivity contribution in [3.05, 3.63) is 11.8 Å². The average molecular weight is 345 g/mol. The summed E-state index contributed by atoms with van der Waals surface area (Å²) in [7, 11) is -5.77. The highest BCUT2D eigenvalue weighted by atomic mass is 32.2. The van der Waals surface area contributed by atoms with Gasteiger partial charge in [0.05, 0.1) is 5.54 Å². The lowest BCUT2D eigenvalue weighted by Crippen LogP contribution is -2.59. The third kappa shape index (κ3) is 3.31. The van der Waals surface area contributed by atoms with Crippen molar-refractivity contribution < 1.29 is 35.7 Å². The van der Waals surface area contributed by atoms with Crippen LogP contribution in [0.4, 0.5) is 18.0 Å². The molecule has 128 valence electrons. The highest BCUT2D eigenvalue weighted by Gasteiger charge is 2.52. The van der Waals surface area contributed by atoms with Crippen LogP contribution in [0.5, 0.6) is 0 Å². The summed E-state index contributed by atoms with van der Waals surface area (Å²) in [5.41, 5.74) is -7.31. The lowest BCUT2D eigenvalue weighted by Gasteiger charge is -2.50. The minimum Gasteiger partial charge on any atom is -0.465 e. The zero-order valence-corrected chi connectivity index (χ0v) is 13.4. The molecular weight excluding hydrogens is 327 g/mol. The topological polar surface area (TPSA) is 83.9 Å². The predicted octanol–water partition coefficient (Wildman–Crippen LogP) is 2.93. The Kier molecular flexibility index (Phi) is 4.50. The van der Waals surface area contributed by atoms with Gasteiger partial charge in [0.15, 0.2) is 0 Å². The Morgan fingerprint density at radius 1 is 1.36 bits per heavy atom. The number of carbonyl (C=O) groups is 1. The molecule has 1 N–H and O–H groups in total. The number of amides is 1. The summed E-state index contributed by atoms with van der Waals surface area (Å²) in [4.78, 5) is 12.4. The molecule has 1 heterocycles. The van der Waals surface area contributed by atoms with Crippen LogP contribution in [0.25, 0.3) is 0 Å². The Balaban J connectivity index is 3.17. The van der Waals surface area contributed by atoms with E-state index >= 15 is 0 Å². The Morgan fingerprint density at radius 3 is 2.23 bits per heavy atom. The minimum atomic E-state index is -5.77. The third-order valence-corrected chi connectivity index (χ3v) is 4.96. The van der Waals surface area contributed by atoms with E-state index in [4.69, 9.17) is 0 Å². The van der Waals surface area contributed by atoms with E-state index in [2.05, 4.69) is 4.18 Å². The molecule has 1 atom stereocenters. The van der Waals surface area contributed by atoms with Crippen LogP contribution in [0.3, 0.4) is 0 Å². The average Bonchev–Trinajstić information content (AvgIpc) is 2.24. The molecule has 0 spiro atoms. The van der Waals surface area contributed by atoms with Crippen LogP contribution in [-0.2, 0) is 14.3 Å². The first-order valence-corrected chi connectivity index (χ1v) is 7.73. The maximum atomic E-state index is 12.4. The molecule has 0 bridgehead atoms. The van der Waals surface area contributed by atoms with E-state index in [-0.39, 0.29) is 13.0 Å². The molecule has 1 aliphatic heterocycles. The van der Waals surface area contributed by atoms with E-state index in [9.17, 15) is 31.5 Å². The van der Waals surface area contributed by atoms with Crippen molar-refractivity contribution in [1.29, 1.82) is 0 Å². The van der Waals surface area contributed by atoms with Crippen molar-refractivity contribution in [3.63, 3.8) is 0 Å². The van der Waals surface area contributed by atoms with Crippen LogP contribution in [0.2, 0.25) is 0 Å². The van der Waals surface area contributed by atoms with Crippen molar-refractivity contribution in [1.82, 2.24) is 4.90 Å². The van der Waals surface area contributed by atoms with Crippen molar-refractivity contribution in [2.24, 2.45) is 5.41 Å². The van der Waals surface area contributed by atoms with Gasteiger partial charge in [-0.05, 0) is 18.4 Å². The molecular formula is C12H18F3NO5S. The second-order valence-electron chi connectivity index (χ2n) is 6.25.